The van der Waals surface area contributed by atoms with Gasteiger partial charge in [0.1, 0.15) is 0 Å². The van der Waals surface area contributed by atoms with E-state index >= 15 is 0 Å². The Bertz CT molecular complexity index is 386. The van der Waals surface area contributed by atoms with Gasteiger partial charge in [-0.15, -0.1) is 0 Å². The van der Waals surface area contributed by atoms with Crippen LogP contribution < -0.4 is 10.6 Å². The Hall–Kier alpha value is -1.42. The van der Waals surface area contributed by atoms with E-state index in [9.17, 15) is 4.79 Å². The smallest absolute Gasteiger partial charge is 0.226 e. The van der Waals surface area contributed by atoms with E-state index < -0.39 is 0 Å². The highest BCUT2D eigenvalue weighted by Crippen LogP contribution is 2.05. The van der Waals surface area contributed by atoms with Gasteiger partial charge in [-0.2, -0.15) is 0 Å². The highest BCUT2D eigenvalue weighted by atomic mass is 16.1. The first-order valence-electron chi connectivity index (χ1n) is 6.16. The Balaban J connectivity index is 1.86. The SMILES string of the molecule is Cc1cccnc1CC(=O)N[C@@H]1CCCNC1. The van der Waals surface area contributed by atoms with Crippen LogP contribution in [0.4, 0.5) is 0 Å². The van der Waals surface area contributed by atoms with E-state index in [0.29, 0.717) is 6.42 Å². The van der Waals surface area contributed by atoms with E-state index in [1.807, 2.05) is 19.1 Å². The number of nitrogens with zero attached hydrogens (tertiary/aromatic N) is 1. The Kier molecular flexibility index (Phi) is 4.09. The van der Waals surface area contributed by atoms with Crippen molar-refractivity contribution < 1.29 is 4.79 Å². The lowest BCUT2D eigenvalue weighted by Crippen LogP contribution is -2.46. The molecule has 17 heavy (non-hydrogen) atoms. The normalized spacial score (nSPS) is 19.9. The average Bonchev–Trinajstić information content (AvgIpc) is 2.33. The Morgan fingerprint density at radius 2 is 2.53 bits per heavy atom. The summed E-state index contributed by atoms with van der Waals surface area (Å²) in [6.07, 6.45) is 4.31. The number of nitrogens with one attached hydrogen (secondary N) is 2. The van der Waals surface area contributed by atoms with E-state index in [0.717, 1.165) is 37.2 Å². The van der Waals surface area contributed by atoms with E-state index in [1.165, 1.54) is 0 Å². The van der Waals surface area contributed by atoms with Gasteiger partial charge in [0.15, 0.2) is 0 Å². The molecule has 4 heteroatoms. The highest BCUT2D eigenvalue weighted by molar-refractivity contribution is 5.78. The second kappa shape index (κ2) is 5.77. The lowest BCUT2D eigenvalue weighted by molar-refractivity contribution is -0.121. The summed E-state index contributed by atoms with van der Waals surface area (Å²) in [5, 5.41) is 6.34. The van der Waals surface area contributed by atoms with E-state index in [2.05, 4.69) is 15.6 Å². The summed E-state index contributed by atoms with van der Waals surface area (Å²) in [6, 6.07) is 4.15. The van der Waals surface area contributed by atoms with Gasteiger partial charge in [0.25, 0.3) is 0 Å². The number of carbonyl (C=O) groups is 1. The molecule has 2 rings (SSSR count). The third kappa shape index (κ3) is 3.53. The first-order valence-corrected chi connectivity index (χ1v) is 6.16. The van der Waals surface area contributed by atoms with Crippen LogP contribution in [0.3, 0.4) is 0 Å². The van der Waals surface area contributed by atoms with Crippen molar-refractivity contribution >= 4 is 5.91 Å². The maximum absolute atomic E-state index is 11.9. The molecule has 1 aliphatic rings. The molecule has 1 amide bonds. The largest absolute Gasteiger partial charge is 0.352 e. The average molecular weight is 233 g/mol. The first kappa shape index (κ1) is 12.0. The Morgan fingerprint density at radius 3 is 3.24 bits per heavy atom. The molecule has 0 saturated carbocycles. The number of carbonyl (C=O) groups excluding carboxylic acids is 1. The maximum Gasteiger partial charge on any atom is 0.226 e. The predicted octanol–water partition coefficient (Wildman–Crippen LogP) is 0.801. The molecule has 0 spiro atoms. The molecular formula is C13H19N3O. The monoisotopic (exact) mass is 233 g/mol. The number of amides is 1. The minimum atomic E-state index is 0.0699. The summed E-state index contributed by atoms with van der Waals surface area (Å²) in [6.45, 7) is 3.93. The van der Waals surface area contributed by atoms with Gasteiger partial charge in [-0.05, 0) is 37.9 Å². The summed E-state index contributed by atoms with van der Waals surface area (Å²) >= 11 is 0. The van der Waals surface area contributed by atoms with Gasteiger partial charge >= 0.3 is 0 Å². The molecule has 2 heterocycles. The van der Waals surface area contributed by atoms with Crippen molar-refractivity contribution in [3.05, 3.63) is 29.6 Å². The summed E-state index contributed by atoms with van der Waals surface area (Å²) in [5.41, 5.74) is 1.94. The van der Waals surface area contributed by atoms with E-state index in [4.69, 9.17) is 0 Å². The van der Waals surface area contributed by atoms with Crippen LogP contribution in [0.25, 0.3) is 0 Å². The molecule has 1 fully saturated rings. The van der Waals surface area contributed by atoms with Crippen LogP contribution in [0.15, 0.2) is 18.3 Å². The first-order chi connectivity index (χ1) is 8.25. The number of hydrogen-bond donors (Lipinski definition) is 2. The molecule has 92 valence electrons. The molecule has 1 aromatic heterocycles. The Labute approximate surface area is 102 Å². The van der Waals surface area contributed by atoms with Crippen LogP contribution in [0.1, 0.15) is 24.1 Å². The van der Waals surface area contributed by atoms with Crippen molar-refractivity contribution in [3.63, 3.8) is 0 Å². The number of rotatable bonds is 3. The zero-order valence-corrected chi connectivity index (χ0v) is 10.2. The molecule has 0 aliphatic carbocycles. The van der Waals surface area contributed by atoms with Crippen LogP contribution in [-0.2, 0) is 11.2 Å². The number of aryl methyl sites for hydroxylation is 1. The number of piperidine rings is 1. The topological polar surface area (TPSA) is 54.0 Å². The van der Waals surface area contributed by atoms with Crippen LogP contribution in [0, 0.1) is 6.92 Å². The molecule has 1 saturated heterocycles. The number of hydrogen-bond acceptors (Lipinski definition) is 3. The fraction of sp³-hybridized carbons (Fsp3) is 0.538. The third-order valence-electron chi connectivity index (χ3n) is 3.11. The summed E-state index contributed by atoms with van der Waals surface area (Å²) in [7, 11) is 0. The third-order valence-corrected chi connectivity index (χ3v) is 3.11. The fourth-order valence-electron chi connectivity index (χ4n) is 2.11. The summed E-state index contributed by atoms with van der Waals surface area (Å²) in [5.74, 6) is 0.0699. The standard InChI is InChI=1S/C13H19N3O/c1-10-4-2-7-15-12(10)8-13(17)16-11-5-3-6-14-9-11/h2,4,7,11,14H,3,5-6,8-9H2,1H3,(H,16,17)/t11-/m1/s1. The summed E-state index contributed by atoms with van der Waals surface area (Å²) < 4.78 is 0. The lowest BCUT2D eigenvalue weighted by atomic mass is 10.1. The molecule has 0 aromatic carbocycles. The molecule has 4 nitrogen and oxygen atoms in total. The van der Waals surface area contributed by atoms with Gasteiger partial charge in [0, 0.05) is 18.8 Å². The van der Waals surface area contributed by atoms with Crippen LogP contribution in [0.5, 0.6) is 0 Å². The van der Waals surface area contributed by atoms with E-state index in [-0.39, 0.29) is 11.9 Å². The Morgan fingerprint density at radius 1 is 1.65 bits per heavy atom. The zero-order valence-electron chi connectivity index (χ0n) is 10.2. The van der Waals surface area contributed by atoms with Crippen molar-refractivity contribution in [2.24, 2.45) is 0 Å². The molecule has 0 unspecified atom stereocenters. The molecule has 0 radical (unpaired) electrons. The molecule has 1 aliphatic heterocycles. The van der Waals surface area contributed by atoms with E-state index in [1.54, 1.807) is 6.20 Å². The number of aromatic nitrogens is 1. The quantitative estimate of drug-likeness (QED) is 0.812. The molecule has 1 aromatic rings. The van der Waals surface area contributed by atoms with Crippen molar-refractivity contribution in [2.45, 2.75) is 32.2 Å². The molecule has 2 N–H and O–H groups in total. The van der Waals surface area contributed by atoms with Crippen molar-refractivity contribution in [2.75, 3.05) is 13.1 Å². The predicted molar refractivity (Wildman–Crippen MR) is 66.7 cm³/mol. The van der Waals surface area contributed by atoms with Gasteiger partial charge < -0.3 is 10.6 Å². The molecule has 0 bridgehead atoms. The number of pyridine rings is 1. The second-order valence-electron chi connectivity index (χ2n) is 4.55. The van der Waals surface area contributed by atoms with Gasteiger partial charge in [0.2, 0.25) is 5.91 Å². The maximum atomic E-state index is 11.9. The second-order valence-corrected chi connectivity index (χ2v) is 4.55. The van der Waals surface area contributed by atoms with Crippen molar-refractivity contribution in [1.29, 1.82) is 0 Å². The van der Waals surface area contributed by atoms with Crippen LogP contribution in [-0.4, -0.2) is 30.0 Å². The highest BCUT2D eigenvalue weighted by Gasteiger charge is 2.15. The molecular weight excluding hydrogens is 214 g/mol. The van der Waals surface area contributed by atoms with Crippen molar-refractivity contribution in [3.8, 4) is 0 Å². The van der Waals surface area contributed by atoms with Gasteiger partial charge in [-0.3, -0.25) is 9.78 Å². The minimum absolute atomic E-state index is 0.0699. The lowest BCUT2D eigenvalue weighted by Gasteiger charge is -2.23. The van der Waals surface area contributed by atoms with Gasteiger partial charge in [-0.1, -0.05) is 6.07 Å². The zero-order chi connectivity index (χ0) is 12.1. The van der Waals surface area contributed by atoms with Crippen LogP contribution in [0.2, 0.25) is 0 Å². The minimum Gasteiger partial charge on any atom is -0.352 e. The van der Waals surface area contributed by atoms with Gasteiger partial charge in [-0.25, -0.2) is 0 Å². The van der Waals surface area contributed by atoms with Crippen molar-refractivity contribution in [1.82, 2.24) is 15.6 Å². The summed E-state index contributed by atoms with van der Waals surface area (Å²) in [4.78, 5) is 16.1. The molecule has 1 atom stereocenters. The van der Waals surface area contributed by atoms with Gasteiger partial charge in [0.05, 0.1) is 12.1 Å². The van der Waals surface area contributed by atoms with Crippen LogP contribution >= 0.6 is 0 Å². The fourth-order valence-corrected chi connectivity index (χ4v) is 2.11.